The lowest BCUT2D eigenvalue weighted by Gasteiger charge is -2.20. The largest absolute Gasteiger partial charge is 0.504 e. The molecule has 1 aromatic heterocycles. The van der Waals surface area contributed by atoms with Gasteiger partial charge >= 0.3 is 0 Å². The van der Waals surface area contributed by atoms with E-state index in [4.69, 9.17) is 15.0 Å². The molecule has 0 atom stereocenters. The van der Waals surface area contributed by atoms with Crippen LogP contribution in [0.15, 0.2) is 158 Å². The third kappa shape index (κ3) is 5.13. The van der Waals surface area contributed by atoms with Crippen LogP contribution in [0.25, 0.3) is 110 Å². The van der Waals surface area contributed by atoms with E-state index in [1.165, 1.54) is 5.39 Å². The van der Waals surface area contributed by atoms with Gasteiger partial charge in [0.05, 0.1) is 5.56 Å². The average molecular weight is 766 g/mol. The SMILES string of the molecule is Oc1c(O)c(O)c(-c2c3ccccc3c(-c3nc(-c4ccccc4)nc(-c4ccc5ccc6cccc7ccc4c5c67)n3)c3ccc(-c4ccccc4)cc23)c(O)c1O. The highest BCUT2D eigenvalue weighted by molar-refractivity contribution is 6.26. The molecule has 0 saturated carbocycles. The summed E-state index contributed by atoms with van der Waals surface area (Å²) in [5, 5.41) is 64.1. The number of rotatable bonds is 5. The second-order valence-corrected chi connectivity index (χ2v) is 14.7. The normalized spacial score (nSPS) is 11.7. The fourth-order valence-corrected chi connectivity index (χ4v) is 8.68. The summed E-state index contributed by atoms with van der Waals surface area (Å²) >= 11 is 0. The molecule has 280 valence electrons. The minimum Gasteiger partial charge on any atom is -0.504 e. The van der Waals surface area contributed by atoms with Gasteiger partial charge in [0, 0.05) is 22.3 Å². The van der Waals surface area contributed by atoms with Gasteiger partial charge in [0.2, 0.25) is 17.2 Å². The summed E-state index contributed by atoms with van der Waals surface area (Å²) in [7, 11) is 0. The summed E-state index contributed by atoms with van der Waals surface area (Å²) in [5.74, 6) is -3.17. The van der Waals surface area contributed by atoms with Crippen molar-refractivity contribution in [3.05, 3.63) is 158 Å². The molecule has 8 nitrogen and oxygen atoms in total. The van der Waals surface area contributed by atoms with Gasteiger partial charge in [0.1, 0.15) is 0 Å². The highest BCUT2D eigenvalue weighted by atomic mass is 16.4. The van der Waals surface area contributed by atoms with Crippen molar-refractivity contribution in [3.63, 3.8) is 0 Å². The maximum atomic E-state index is 11.4. The number of fused-ring (bicyclic) bond motifs is 2. The Labute approximate surface area is 336 Å². The van der Waals surface area contributed by atoms with Gasteiger partial charge in [-0.05, 0) is 77.1 Å². The zero-order valence-corrected chi connectivity index (χ0v) is 31.1. The molecular weight excluding hydrogens is 735 g/mol. The van der Waals surface area contributed by atoms with Crippen LogP contribution in [0.3, 0.4) is 0 Å². The first kappa shape index (κ1) is 34.1. The molecule has 0 unspecified atom stereocenters. The number of hydrogen-bond acceptors (Lipinski definition) is 8. The third-order valence-corrected chi connectivity index (χ3v) is 11.4. The molecule has 11 rings (SSSR count). The van der Waals surface area contributed by atoms with Gasteiger partial charge in [0.15, 0.2) is 29.0 Å². The van der Waals surface area contributed by atoms with E-state index in [2.05, 4.69) is 54.6 Å². The minimum atomic E-state index is -1.03. The van der Waals surface area contributed by atoms with Gasteiger partial charge in [-0.25, -0.2) is 15.0 Å². The third-order valence-electron chi connectivity index (χ3n) is 11.4. The van der Waals surface area contributed by atoms with Crippen molar-refractivity contribution in [2.45, 2.75) is 0 Å². The molecule has 0 spiro atoms. The van der Waals surface area contributed by atoms with E-state index in [9.17, 15) is 25.5 Å². The second kappa shape index (κ2) is 12.9. The van der Waals surface area contributed by atoms with Crippen molar-refractivity contribution in [1.29, 1.82) is 0 Å². The maximum absolute atomic E-state index is 11.4. The molecule has 0 bridgehead atoms. The lowest BCUT2D eigenvalue weighted by Crippen LogP contribution is -2.02. The molecule has 59 heavy (non-hydrogen) atoms. The molecule has 0 saturated heterocycles. The van der Waals surface area contributed by atoms with Gasteiger partial charge in [-0.2, -0.15) is 0 Å². The standard InChI is InChI=1S/C51H31N3O5/c55-44-43(45(56)47(58)48(59)46(44)57)41-33-16-7-8-17-34(33)42(36-24-22-32(26-38(36)41)27-10-3-1-4-11-27)51-53-49(31-12-5-2-6-13-31)52-50(54-51)37-25-21-30-19-18-28-14-9-15-29-20-23-35(37)40(30)39(28)29/h1-26,55-59H. The Balaban J connectivity index is 1.27. The number of hydrogen-bond donors (Lipinski definition) is 5. The molecular formula is C51H31N3O5. The lowest BCUT2D eigenvalue weighted by molar-refractivity contribution is 0.330. The van der Waals surface area contributed by atoms with Crippen LogP contribution in [0.5, 0.6) is 28.7 Å². The van der Waals surface area contributed by atoms with Crippen LogP contribution in [-0.2, 0) is 0 Å². The van der Waals surface area contributed by atoms with Gasteiger partial charge in [-0.1, -0.05) is 146 Å². The Morgan fingerprint density at radius 1 is 0.288 bits per heavy atom. The number of aromatic nitrogens is 3. The van der Waals surface area contributed by atoms with Crippen molar-refractivity contribution >= 4 is 53.9 Å². The molecule has 10 aromatic carbocycles. The van der Waals surface area contributed by atoms with E-state index < -0.39 is 28.7 Å². The van der Waals surface area contributed by atoms with Crippen LogP contribution in [0.4, 0.5) is 0 Å². The number of phenolic OH excluding ortho intramolecular Hbond substituents is 5. The van der Waals surface area contributed by atoms with Crippen LogP contribution in [0.1, 0.15) is 0 Å². The Hall–Kier alpha value is -8.23. The highest BCUT2D eigenvalue weighted by Crippen LogP contribution is 2.58. The number of phenols is 5. The summed E-state index contributed by atoms with van der Waals surface area (Å²) in [4.78, 5) is 15.6. The van der Waals surface area contributed by atoms with E-state index in [0.717, 1.165) is 49.2 Å². The Morgan fingerprint density at radius 2 is 0.797 bits per heavy atom. The Bertz CT molecular complexity index is 3450. The summed E-state index contributed by atoms with van der Waals surface area (Å²) in [5.41, 5.74) is 4.15. The lowest BCUT2D eigenvalue weighted by atomic mass is 9.85. The van der Waals surface area contributed by atoms with Crippen molar-refractivity contribution in [2.75, 3.05) is 0 Å². The van der Waals surface area contributed by atoms with Crippen molar-refractivity contribution < 1.29 is 25.5 Å². The van der Waals surface area contributed by atoms with Crippen molar-refractivity contribution in [1.82, 2.24) is 15.0 Å². The quantitative estimate of drug-likeness (QED) is 0.0505. The Kier molecular flexibility index (Phi) is 7.45. The van der Waals surface area contributed by atoms with Gasteiger partial charge in [0.25, 0.3) is 0 Å². The minimum absolute atomic E-state index is 0.245. The van der Waals surface area contributed by atoms with Crippen LogP contribution < -0.4 is 0 Å². The molecule has 1 heterocycles. The van der Waals surface area contributed by atoms with E-state index in [0.29, 0.717) is 50.1 Å². The molecule has 0 aliphatic heterocycles. The first-order valence-corrected chi connectivity index (χ1v) is 19.1. The van der Waals surface area contributed by atoms with E-state index >= 15 is 0 Å². The molecule has 11 aromatic rings. The molecule has 5 N–H and O–H groups in total. The smallest absolute Gasteiger partial charge is 0.208 e. The summed E-state index contributed by atoms with van der Waals surface area (Å²) in [6.45, 7) is 0. The van der Waals surface area contributed by atoms with Crippen LogP contribution in [-0.4, -0.2) is 40.5 Å². The zero-order chi connectivity index (χ0) is 39.9. The predicted molar refractivity (Wildman–Crippen MR) is 234 cm³/mol. The number of nitrogens with zero attached hydrogens (tertiary/aromatic N) is 3. The van der Waals surface area contributed by atoms with Gasteiger partial charge in [-0.3, -0.25) is 0 Å². The number of benzene rings is 10. The van der Waals surface area contributed by atoms with E-state index in [-0.39, 0.29) is 5.56 Å². The maximum Gasteiger partial charge on any atom is 0.208 e. The van der Waals surface area contributed by atoms with Crippen molar-refractivity contribution in [2.24, 2.45) is 0 Å². The van der Waals surface area contributed by atoms with Crippen LogP contribution in [0, 0.1) is 0 Å². The molecule has 0 fully saturated rings. The first-order valence-electron chi connectivity index (χ1n) is 19.1. The molecule has 0 radical (unpaired) electrons. The van der Waals surface area contributed by atoms with E-state index in [1.54, 1.807) is 0 Å². The zero-order valence-electron chi connectivity index (χ0n) is 31.1. The summed E-state index contributed by atoms with van der Waals surface area (Å²) in [6.07, 6.45) is 0. The fraction of sp³-hybridized carbons (Fsp3) is 0. The molecule has 0 aliphatic rings. The van der Waals surface area contributed by atoms with E-state index in [1.807, 2.05) is 103 Å². The molecule has 8 heteroatoms. The van der Waals surface area contributed by atoms with Crippen LogP contribution >= 0.6 is 0 Å². The number of aromatic hydroxyl groups is 5. The highest BCUT2D eigenvalue weighted by Gasteiger charge is 2.29. The molecule has 0 amide bonds. The average Bonchev–Trinajstić information content (AvgIpc) is 3.29. The monoisotopic (exact) mass is 765 g/mol. The first-order chi connectivity index (χ1) is 28.9. The van der Waals surface area contributed by atoms with Gasteiger partial charge < -0.3 is 25.5 Å². The summed E-state index contributed by atoms with van der Waals surface area (Å²) in [6, 6.07) is 52.0. The van der Waals surface area contributed by atoms with Crippen molar-refractivity contribution in [3.8, 4) is 85.2 Å². The predicted octanol–water partition coefficient (Wildman–Crippen LogP) is 11.9. The van der Waals surface area contributed by atoms with Gasteiger partial charge in [-0.15, -0.1) is 0 Å². The summed E-state index contributed by atoms with van der Waals surface area (Å²) < 4.78 is 0. The molecule has 0 aliphatic carbocycles. The topological polar surface area (TPSA) is 140 Å². The Morgan fingerprint density at radius 3 is 1.49 bits per heavy atom. The second-order valence-electron chi connectivity index (χ2n) is 14.7. The van der Waals surface area contributed by atoms with Crippen LogP contribution in [0.2, 0.25) is 0 Å². The fourth-order valence-electron chi connectivity index (χ4n) is 8.68.